The van der Waals surface area contributed by atoms with Crippen molar-refractivity contribution in [3.8, 4) is 0 Å². The van der Waals surface area contributed by atoms with Crippen LogP contribution in [0.2, 0.25) is 0 Å². The quantitative estimate of drug-likeness (QED) is 0.209. The topological polar surface area (TPSA) is 74.6 Å². The maximum Gasteiger partial charge on any atom is 0.306 e. The second kappa shape index (κ2) is 23.2. The molecule has 0 saturated heterocycles. The van der Waals surface area contributed by atoms with Crippen molar-refractivity contribution in [3.63, 3.8) is 0 Å². The first kappa shape index (κ1) is 30.1. The van der Waals surface area contributed by atoms with Gasteiger partial charge in [0, 0.05) is 6.42 Å². The monoisotopic (exact) mass is 414 g/mol. The fourth-order valence-electron chi connectivity index (χ4n) is 3.47. The molecule has 0 aromatic carbocycles. The molecule has 0 rings (SSSR count). The third kappa shape index (κ3) is 24.9. The van der Waals surface area contributed by atoms with Crippen molar-refractivity contribution in [3.05, 3.63) is 0 Å². The molecule has 0 fully saturated rings. The zero-order valence-corrected chi connectivity index (χ0v) is 19.9. The number of hydrogen-bond donors (Lipinski definition) is 2. The molecule has 0 aliphatic carbocycles. The Bertz CT molecular complexity index is 366. The molecule has 174 valence electrons. The van der Waals surface area contributed by atoms with Gasteiger partial charge in [-0.15, -0.1) is 0 Å². The molecule has 0 aromatic heterocycles. The maximum absolute atomic E-state index is 11.0. The largest absolute Gasteiger partial charge is 0.481 e. The van der Waals surface area contributed by atoms with Crippen LogP contribution in [0.4, 0.5) is 0 Å². The molecule has 0 spiro atoms. The summed E-state index contributed by atoms with van der Waals surface area (Å²) in [6.45, 7) is 8.42. The Hall–Kier alpha value is -1.06. The van der Waals surface area contributed by atoms with E-state index in [-0.39, 0.29) is 11.8 Å². The van der Waals surface area contributed by atoms with Crippen molar-refractivity contribution in [1.82, 2.24) is 0 Å². The average molecular weight is 415 g/mol. The molecular weight excluding hydrogens is 364 g/mol. The molecule has 0 aliphatic rings. The van der Waals surface area contributed by atoms with E-state index in [0.717, 1.165) is 25.7 Å². The molecule has 0 heterocycles. The molecule has 0 radical (unpaired) electrons. The normalized spacial score (nSPS) is 11.8. The van der Waals surface area contributed by atoms with E-state index in [4.69, 9.17) is 10.2 Å². The van der Waals surface area contributed by atoms with Crippen LogP contribution in [-0.2, 0) is 9.59 Å². The summed E-state index contributed by atoms with van der Waals surface area (Å²) in [5, 5.41) is 17.4. The van der Waals surface area contributed by atoms with Gasteiger partial charge >= 0.3 is 11.9 Å². The van der Waals surface area contributed by atoms with E-state index in [9.17, 15) is 9.59 Å². The van der Waals surface area contributed by atoms with Gasteiger partial charge in [0.05, 0.1) is 5.92 Å². The summed E-state index contributed by atoms with van der Waals surface area (Å²) in [4.78, 5) is 21.1. The van der Waals surface area contributed by atoms with Gasteiger partial charge in [-0.2, -0.15) is 0 Å². The first-order chi connectivity index (χ1) is 13.9. The van der Waals surface area contributed by atoms with Crippen molar-refractivity contribution in [2.45, 2.75) is 137 Å². The minimum absolute atomic E-state index is 0.144. The lowest BCUT2D eigenvalue weighted by Crippen LogP contribution is -2.19. The molecule has 4 heteroatoms. The van der Waals surface area contributed by atoms with Crippen LogP contribution >= 0.6 is 0 Å². The summed E-state index contributed by atoms with van der Waals surface area (Å²) in [7, 11) is 0. The Morgan fingerprint density at radius 1 is 0.621 bits per heavy atom. The third-order valence-electron chi connectivity index (χ3n) is 5.48. The van der Waals surface area contributed by atoms with Gasteiger partial charge in [0.1, 0.15) is 0 Å². The van der Waals surface area contributed by atoms with E-state index in [1.807, 2.05) is 13.8 Å². The fraction of sp³-hybridized carbons (Fsp3) is 0.920. The summed E-state index contributed by atoms with van der Waals surface area (Å²) in [5.74, 6) is -1.17. The van der Waals surface area contributed by atoms with E-state index in [1.54, 1.807) is 0 Å². The SMILES string of the molecule is CCCCCCCC(=O)O.CCCCCCCCCCCCC(C(=O)O)C(C)C. The van der Waals surface area contributed by atoms with Gasteiger partial charge in [-0.3, -0.25) is 9.59 Å². The second-order valence-corrected chi connectivity index (χ2v) is 8.72. The Morgan fingerprint density at radius 2 is 1.00 bits per heavy atom. The van der Waals surface area contributed by atoms with Crippen molar-refractivity contribution < 1.29 is 19.8 Å². The van der Waals surface area contributed by atoms with E-state index in [2.05, 4.69) is 13.8 Å². The highest BCUT2D eigenvalue weighted by molar-refractivity contribution is 5.70. The van der Waals surface area contributed by atoms with Crippen molar-refractivity contribution in [1.29, 1.82) is 0 Å². The highest BCUT2D eigenvalue weighted by Gasteiger charge is 2.20. The van der Waals surface area contributed by atoms with Crippen molar-refractivity contribution >= 4 is 11.9 Å². The first-order valence-corrected chi connectivity index (χ1v) is 12.3. The van der Waals surface area contributed by atoms with Gasteiger partial charge in [-0.25, -0.2) is 0 Å². The zero-order valence-electron chi connectivity index (χ0n) is 19.9. The number of rotatable bonds is 19. The Morgan fingerprint density at radius 3 is 1.34 bits per heavy atom. The predicted octanol–water partition coefficient (Wildman–Crippen LogP) is 8.09. The summed E-state index contributed by atoms with van der Waals surface area (Å²) in [5.41, 5.74) is 0. The number of aliphatic carboxylic acids is 2. The molecule has 0 aromatic rings. The van der Waals surface area contributed by atoms with E-state index in [1.165, 1.54) is 77.0 Å². The molecule has 0 saturated carbocycles. The summed E-state index contributed by atoms with van der Waals surface area (Å²) in [6, 6.07) is 0. The van der Waals surface area contributed by atoms with Crippen molar-refractivity contribution in [2.75, 3.05) is 0 Å². The minimum Gasteiger partial charge on any atom is -0.481 e. The molecule has 0 bridgehead atoms. The van der Waals surface area contributed by atoms with Gasteiger partial charge in [0.25, 0.3) is 0 Å². The van der Waals surface area contributed by atoms with Crippen LogP contribution in [0.15, 0.2) is 0 Å². The maximum atomic E-state index is 11.0. The highest BCUT2D eigenvalue weighted by atomic mass is 16.4. The average Bonchev–Trinajstić information content (AvgIpc) is 2.65. The minimum atomic E-state index is -0.670. The van der Waals surface area contributed by atoms with Crippen LogP contribution in [0.25, 0.3) is 0 Å². The van der Waals surface area contributed by atoms with Gasteiger partial charge in [0.2, 0.25) is 0 Å². The molecular formula is C25H50O4. The number of hydrogen-bond acceptors (Lipinski definition) is 2. The standard InChI is InChI=1S/C17H34O2.C8H16O2/c1-4-5-6-7-8-9-10-11-12-13-14-16(15(2)3)17(18)19;1-2-3-4-5-6-7-8(9)10/h15-16H,4-14H2,1-3H3,(H,18,19);2-7H2,1H3,(H,9,10). The highest BCUT2D eigenvalue weighted by Crippen LogP contribution is 2.20. The molecule has 29 heavy (non-hydrogen) atoms. The van der Waals surface area contributed by atoms with Crippen LogP contribution in [-0.4, -0.2) is 22.2 Å². The van der Waals surface area contributed by atoms with Crippen LogP contribution in [0, 0.1) is 11.8 Å². The number of carboxylic acids is 2. The zero-order chi connectivity index (χ0) is 22.3. The van der Waals surface area contributed by atoms with Gasteiger partial charge in [-0.05, 0) is 18.8 Å². The van der Waals surface area contributed by atoms with Crippen LogP contribution in [0.5, 0.6) is 0 Å². The van der Waals surface area contributed by atoms with Crippen molar-refractivity contribution in [2.24, 2.45) is 11.8 Å². The number of unbranched alkanes of at least 4 members (excludes halogenated alkanes) is 13. The van der Waals surface area contributed by atoms with Crippen LogP contribution in [0.3, 0.4) is 0 Å². The Labute approximate surface area is 180 Å². The van der Waals surface area contributed by atoms with Gasteiger partial charge in [0.15, 0.2) is 0 Å². The lowest BCUT2D eigenvalue weighted by molar-refractivity contribution is -0.143. The fourth-order valence-corrected chi connectivity index (χ4v) is 3.47. The summed E-state index contributed by atoms with van der Waals surface area (Å²) < 4.78 is 0. The first-order valence-electron chi connectivity index (χ1n) is 12.3. The molecule has 0 amide bonds. The van der Waals surface area contributed by atoms with Crippen LogP contribution < -0.4 is 0 Å². The van der Waals surface area contributed by atoms with E-state index >= 15 is 0 Å². The molecule has 1 unspecified atom stereocenters. The lowest BCUT2D eigenvalue weighted by atomic mass is 9.90. The Balaban J connectivity index is 0. The molecule has 4 nitrogen and oxygen atoms in total. The molecule has 2 N–H and O–H groups in total. The van der Waals surface area contributed by atoms with Crippen LogP contribution in [0.1, 0.15) is 137 Å². The third-order valence-corrected chi connectivity index (χ3v) is 5.48. The number of carbonyl (C=O) groups is 2. The lowest BCUT2D eigenvalue weighted by Gasteiger charge is -2.15. The van der Waals surface area contributed by atoms with E-state index in [0.29, 0.717) is 6.42 Å². The summed E-state index contributed by atoms with van der Waals surface area (Å²) >= 11 is 0. The summed E-state index contributed by atoms with van der Waals surface area (Å²) in [6.07, 6.45) is 19.8. The smallest absolute Gasteiger partial charge is 0.306 e. The van der Waals surface area contributed by atoms with Gasteiger partial charge < -0.3 is 10.2 Å². The molecule has 0 aliphatic heterocycles. The molecule has 1 atom stereocenters. The van der Waals surface area contributed by atoms with E-state index < -0.39 is 11.9 Å². The number of carboxylic acid groups (broad SMARTS) is 2. The second-order valence-electron chi connectivity index (χ2n) is 8.72. The predicted molar refractivity (Wildman–Crippen MR) is 123 cm³/mol. The Kier molecular flexibility index (Phi) is 24.1. The van der Waals surface area contributed by atoms with Gasteiger partial charge in [-0.1, -0.05) is 118 Å².